The van der Waals surface area contributed by atoms with Crippen LogP contribution in [0.5, 0.6) is 0 Å². The van der Waals surface area contributed by atoms with Gasteiger partial charge < -0.3 is 10.2 Å². The molecule has 0 saturated heterocycles. The van der Waals surface area contributed by atoms with Gasteiger partial charge in [0.2, 0.25) is 5.89 Å². The zero-order valence-corrected chi connectivity index (χ0v) is 7.23. The fourth-order valence-corrected chi connectivity index (χ4v) is 1.20. The summed E-state index contributed by atoms with van der Waals surface area (Å²) in [4.78, 5) is 0. The molecule has 0 saturated carbocycles. The summed E-state index contributed by atoms with van der Waals surface area (Å²) in [5.74, 6) is 1.51. The largest absolute Gasteiger partial charge is 0.415 e. The summed E-state index contributed by atoms with van der Waals surface area (Å²) in [6.07, 6.45) is 1.10. The molecule has 1 heterocycles. The topological polar surface area (TPSA) is 64.9 Å². The van der Waals surface area contributed by atoms with Crippen molar-refractivity contribution in [3.63, 3.8) is 0 Å². The van der Waals surface area contributed by atoms with Crippen LogP contribution in [0.3, 0.4) is 0 Å². The highest BCUT2D eigenvalue weighted by Gasteiger charge is 2.02. The minimum absolute atomic E-state index is 0.319. The second-order valence-corrected chi connectivity index (χ2v) is 3.06. The van der Waals surface area contributed by atoms with E-state index in [1.807, 2.05) is 0 Å². The number of nitrogens with zero attached hydrogens (tertiary/aromatic N) is 2. The molecule has 0 bridgehead atoms. The van der Waals surface area contributed by atoms with Crippen molar-refractivity contribution in [1.82, 2.24) is 10.2 Å². The number of rotatable bonds is 4. The Morgan fingerprint density at radius 2 is 2.36 bits per heavy atom. The van der Waals surface area contributed by atoms with Crippen molar-refractivity contribution in [1.29, 1.82) is 0 Å². The molecular weight excluding hydrogens is 162 g/mol. The van der Waals surface area contributed by atoms with E-state index in [9.17, 15) is 0 Å². The lowest BCUT2D eigenvalue weighted by atomic mass is 10.6. The van der Waals surface area contributed by atoms with Gasteiger partial charge in [-0.15, -0.1) is 10.2 Å². The Bertz CT molecular complexity index is 213. The number of hydrogen-bond acceptors (Lipinski definition) is 5. The van der Waals surface area contributed by atoms with Crippen LogP contribution in [0.2, 0.25) is 0 Å². The van der Waals surface area contributed by atoms with Crippen LogP contribution in [0.1, 0.15) is 19.2 Å². The monoisotopic (exact) mass is 173 g/mol. The highest BCUT2D eigenvalue weighted by molar-refractivity contribution is 7.99. The van der Waals surface area contributed by atoms with E-state index in [2.05, 4.69) is 17.1 Å². The molecule has 0 amide bonds. The van der Waals surface area contributed by atoms with Crippen LogP contribution in [0.25, 0.3) is 0 Å². The van der Waals surface area contributed by atoms with E-state index in [4.69, 9.17) is 10.2 Å². The molecule has 0 radical (unpaired) electrons. The van der Waals surface area contributed by atoms with Gasteiger partial charge in [0, 0.05) is 5.75 Å². The number of nitrogens with two attached hydrogens (primary N) is 1. The van der Waals surface area contributed by atoms with Gasteiger partial charge in [0.25, 0.3) is 5.22 Å². The first-order valence-electron chi connectivity index (χ1n) is 3.52. The first kappa shape index (κ1) is 8.55. The van der Waals surface area contributed by atoms with E-state index in [0.717, 1.165) is 12.2 Å². The number of aromatic nitrogens is 2. The summed E-state index contributed by atoms with van der Waals surface area (Å²) in [7, 11) is 0. The van der Waals surface area contributed by atoms with Gasteiger partial charge in [-0.05, 0) is 6.42 Å². The van der Waals surface area contributed by atoms with Gasteiger partial charge in [0.1, 0.15) is 0 Å². The second-order valence-electron chi connectivity index (χ2n) is 2.01. The molecule has 0 atom stereocenters. The maximum Gasteiger partial charge on any atom is 0.276 e. The lowest BCUT2D eigenvalue weighted by Gasteiger charge is -1.88. The second kappa shape index (κ2) is 4.35. The van der Waals surface area contributed by atoms with Crippen LogP contribution < -0.4 is 5.73 Å². The Kier molecular flexibility index (Phi) is 3.38. The number of hydrogen-bond donors (Lipinski definition) is 1. The van der Waals surface area contributed by atoms with E-state index in [1.54, 1.807) is 11.8 Å². The average Bonchev–Trinajstić information content (AvgIpc) is 2.48. The molecule has 2 N–H and O–H groups in total. The zero-order valence-electron chi connectivity index (χ0n) is 6.41. The quantitative estimate of drug-likeness (QED) is 0.689. The van der Waals surface area contributed by atoms with E-state index in [0.29, 0.717) is 17.7 Å². The summed E-state index contributed by atoms with van der Waals surface area (Å²) >= 11 is 1.56. The van der Waals surface area contributed by atoms with E-state index in [-0.39, 0.29) is 0 Å². The molecule has 11 heavy (non-hydrogen) atoms. The minimum Gasteiger partial charge on any atom is -0.415 e. The Morgan fingerprint density at radius 3 is 2.91 bits per heavy atom. The highest BCUT2D eigenvalue weighted by Crippen LogP contribution is 2.15. The lowest BCUT2D eigenvalue weighted by molar-refractivity contribution is 0.415. The molecule has 0 aliphatic rings. The van der Waals surface area contributed by atoms with Crippen molar-refractivity contribution < 1.29 is 4.42 Å². The molecule has 1 rings (SSSR count). The lowest BCUT2D eigenvalue weighted by Crippen LogP contribution is -1.95. The van der Waals surface area contributed by atoms with Crippen molar-refractivity contribution in [3.05, 3.63) is 5.89 Å². The first-order chi connectivity index (χ1) is 5.36. The maximum absolute atomic E-state index is 5.29. The van der Waals surface area contributed by atoms with Gasteiger partial charge in [-0.3, -0.25) is 0 Å². The molecule has 62 valence electrons. The SMILES string of the molecule is CCCSc1nnc(CN)o1. The third-order valence-corrected chi connectivity index (χ3v) is 2.08. The van der Waals surface area contributed by atoms with Gasteiger partial charge in [-0.2, -0.15) is 0 Å². The first-order valence-corrected chi connectivity index (χ1v) is 4.50. The third kappa shape index (κ3) is 2.51. The summed E-state index contributed by atoms with van der Waals surface area (Å²) in [6.45, 7) is 2.42. The van der Waals surface area contributed by atoms with Crippen LogP contribution in [0.4, 0.5) is 0 Å². The molecule has 1 aromatic rings. The van der Waals surface area contributed by atoms with Crippen LogP contribution in [0.15, 0.2) is 9.64 Å². The molecule has 5 heteroatoms. The Hall–Kier alpha value is -0.550. The molecule has 0 aliphatic heterocycles. The van der Waals surface area contributed by atoms with Gasteiger partial charge in [0.05, 0.1) is 6.54 Å². The van der Waals surface area contributed by atoms with Gasteiger partial charge in [-0.25, -0.2) is 0 Å². The van der Waals surface area contributed by atoms with Crippen molar-refractivity contribution in [2.24, 2.45) is 5.73 Å². The Balaban J connectivity index is 2.44. The summed E-state index contributed by atoms with van der Waals surface area (Å²) < 4.78 is 5.15. The predicted octanol–water partition coefficient (Wildman–Crippen LogP) is 1.03. The van der Waals surface area contributed by atoms with Crippen molar-refractivity contribution >= 4 is 11.8 Å². The molecule has 0 spiro atoms. The average molecular weight is 173 g/mol. The van der Waals surface area contributed by atoms with E-state index < -0.39 is 0 Å². The van der Waals surface area contributed by atoms with Crippen LogP contribution >= 0.6 is 11.8 Å². The standard InChI is InChI=1S/C6H11N3OS/c1-2-3-11-6-9-8-5(4-7)10-6/h2-4,7H2,1H3. The van der Waals surface area contributed by atoms with Crippen molar-refractivity contribution in [3.8, 4) is 0 Å². The fraction of sp³-hybridized carbons (Fsp3) is 0.667. The van der Waals surface area contributed by atoms with Gasteiger partial charge in [-0.1, -0.05) is 18.7 Å². The minimum atomic E-state index is 0.319. The summed E-state index contributed by atoms with van der Waals surface area (Å²) in [6, 6.07) is 0. The molecule has 0 aliphatic carbocycles. The van der Waals surface area contributed by atoms with Crippen LogP contribution in [0, 0.1) is 0 Å². The van der Waals surface area contributed by atoms with Crippen LogP contribution in [-0.4, -0.2) is 16.0 Å². The van der Waals surface area contributed by atoms with E-state index >= 15 is 0 Å². The smallest absolute Gasteiger partial charge is 0.276 e. The van der Waals surface area contributed by atoms with E-state index in [1.165, 1.54) is 0 Å². The molecule has 1 aromatic heterocycles. The fourth-order valence-electron chi connectivity index (χ4n) is 0.568. The molecule has 0 fully saturated rings. The summed E-state index contributed by atoms with van der Waals surface area (Å²) in [5, 5.41) is 8.13. The predicted molar refractivity (Wildman–Crippen MR) is 43.2 cm³/mol. The molecular formula is C6H11N3OS. The number of thioether (sulfide) groups is 1. The van der Waals surface area contributed by atoms with Crippen LogP contribution in [-0.2, 0) is 6.54 Å². The van der Waals surface area contributed by atoms with Gasteiger partial charge >= 0.3 is 0 Å². The maximum atomic E-state index is 5.29. The highest BCUT2D eigenvalue weighted by atomic mass is 32.2. The molecule has 4 nitrogen and oxygen atoms in total. The normalized spacial score (nSPS) is 10.4. The zero-order chi connectivity index (χ0) is 8.10. The Labute approximate surface area is 69.6 Å². The Morgan fingerprint density at radius 1 is 1.55 bits per heavy atom. The molecule has 0 unspecified atom stereocenters. The summed E-state index contributed by atoms with van der Waals surface area (Å²) in [5.41, 5.74) is 5.29. The van der Waals surface area contributed by atoms with Crippen molar-refractivity contribution in [2.45, 2.75) is 25.1 Å². The third-order valence-electron chi connectivity index (χ3n) is 1.05. The molecule has 0 aromatic carbocycles. The van der Waals surface area contributed by atoms with Crippen molar-refractivity contribution in [2.75, 3.05) is 5.75 Å². The van der Waals surface area contributed by atoms with Gasteiger partial charge in [0.15, 0.2) is 0 Å².